The van der Waals surface area contributed by atoms with Gasteiger partial charge in [-0.2, -0.15) is 0 Å². The first kappa shape index (κ1) is 46.9. The zero-order valence-electron chi connectivity index (χ0n) is 37.0. The van der Waals surface area contributed by atoms with Gasteiger partial charge in [0, 0.05) is 17.7 Å². The van der Waals surface area contributed by atoms with Crippen LogP contribution in [0.4, 0.5) is 0 Å². The minimum absolute atomic E-state index is 0.0482. The second-order valence-electron chi connectivity index (χ2n) is 16.1. The van der Waals surface area contributed by atoms with Crippen LogP contribution in [0.5, 0.6) is 28.7 Å². The van der Waals surface area contributed by atoms with Gasteiger partial charge in [-0.15, -0.1) is 0 Å². The first-order chi connectivity index (χ1) is 33.3. The summed E-state index contributed by atoms with van der Waals surface area (Å²) in [7, 11) is 0. The highest BCUT2D eigenvalue weighted by molar-refractivity contribution is 5.92. The van der Waals surface area contributed by atoms with Crippen LogP contribution in [0, 0.1) is 5.92 Å². The van der Waals surface area contributed by atoms with Crippen molar-refractivity contribution in [2.24, 2.45) is 5.92 Å². The first-order valence-corrected chi connectivity index (χ1v) is 21.7. The topological polar surface area (TPSA) is 224 Å². The van der Waals surface area contributed by atoms with Gasteiger partial charge in [-0.05, 0) is 72.6 Å². The Hall–Kier alpha value is -8.63. The molecule has 7 aromatic rings. The van der Waals surface area contributed by atoms with E-state index in [0.29, 0.717) is 0 Å². The second kappa shape index (κ2) is 20.9. The number of hydrogen-bond acceptors (Lipinski definition) is 16. The monoisotopic (exact) mass is 936 g/mol. The van der Waals surface area contributed by atoms with Crippen molar-refractivity contribution in [2.45, 2.75) is 44.6 Å². The molecule has 352 valence electrons. The van der Waals surface area contributed by atoms with Gasteiger partial charge in [0.2, 0.25) is 23.6 Å². The SMILES string of the molecule is CC(C)COc1c(-c2ccc(O)c(O)c2)oc2cc(O[C@@H]3O[C@H](COC(=O)c4ccccc4)[C@@H](OC(=O)c4ccccc4)[C@H](OC(=O)c4ccccc4)[C@H]3OC(=O)c3ccccc3)cc(O)c2c1=O. The summed E-state index contributed by atoms with van der Waals surface area (Å²) in [4.78, 5) is 69.6. The van der Waals surface area contributed by atoms with E-state index in [9.17, 15) is 39.3 Å². The third-order valence-corrected chi connectivity index (χ3v) is 10.7. The molecule has 16 nitrogen and oxygen atoms in total. The lowest BCUT2D eigenvalue weighted by Gasteiger charge is -2.44. The van der Waals surface area contributed by atoms with E-state index in [1.165, 1.54) is 66.7 Å². The minimum atomic E-state index is -1.83. The highest BCUT2D eigenvalue weighted by Crippen LogP contribution is 2.40. The molecule has 8 rings (SSSR count). The molecule has 0 aliphatic carbocycles. The Labute approximate surface area is 393 Å². The zero-order valence-corrected chi connectivity index (χ0v) is 37.0. The van der Waals surface area contributed by atoms with Crippen LogP contribution in [0.3, 0.4) is 0 Å². The molecule has 0 unspecified atom stereocenters. The van der Waals surface area contributed by atoms with E-state index in [-0.39, 0.29) is 68.6 Å². The van der Waals surface area contributed by atoms with Crippen LogP contribution in [0.1, 0.15) is 55.3 Å². The number of ether oxygens (including phenoxy) is 7. The molecule has 0 amide bonds. The summed E-state index contributed by atoms with van der Waals surface area (Å²) >= 11 is 0. The predicted octanol–water partition coefficient (Wildman–Crippen LogP) is 8.25. The second-order valence-corrected chi connectivity index (χ2v) is 16.1. The lowest BCUT2D eigenvalue weighted by Crippen LogP contribution is -2.63. The Morgan fingerprint density at radius 1 is 0.580 bits per heavy atom. The lowest BCUT2D eigenvalue weighted by atomic mass is 9.97. The third-order valence-electron chi connectivity index (χ3n) is 10.7. The molecular weight excluding hydrogens is 893 g/mol. The van der Waals surface area contributed by atoms with Crippen LogP contribution >= 0.6 is 0 Å². The van der Waals surface area contributed by atoms with E-state index in [1.54, 1.807) is 72.8 Å². The smallest absolute Gasteiger partial charge is 0.338 e. The Morgan fingerprint density at radius 3 is 1.61 bits per heavy atom. The lowest BCUT2D eigenvalue weighted by molar-refractivity contribution is -0.275. The van der Waals surface area contributed by atoms with Gasteiger partial charge in [0.25, 0.3) is 0 Å². The predicted molar refractivity (Wildman–Crippen MR) is 246 cm³/mol. The van der Waals surface area contributed by atoms with Crippen LogP contribution in [0.15, 0.2) is 161 Å². The molecule has 1 aromatic heterocycles. The average Bonchev–Trinajstić information content (AvgIpc) is 3.36. The molecule has 16 heteroatoms. The van der Waals surface area contributed by atoms with Crippen LogP contribution < -0.4 is 14.9 Å². The van der Waals surface area contributed by atoms with Crippen molar-refractivity contribution in [3.63, 3.8) is 0 Å². The van der Waals surface area contributed by atoms with Gasteiger partial charge >= 0.3 is 23.9 Å². The maximum absolute atomic E-state index is 14.2. The van der Waals surface area contributed by atoms with Crippen molar-refractivity contribution in [3.8, 4) is 40.1 Å². The summed E-state index contributed by atoms with van der Waals surface area (Å²) in [6.07, 6.45) is -8.58. The summed E-state index contributed by atoms with van der Waals surface area (Å²) < 4.78 is 49.1. The molecule has 0 bridgehead atoms. The number of phenols is 3. The molecule has 1 saturated heterocycles. The van der Waals surface area contributed by atoms with Crippen molar-refractivity contribution in [1.82, 2.24) is 0 Å². The number of phenolic OH excluding ortho intramolecular Hbond substituents is 3. The normalized spacial score (nSPS) is 17.6. The Kier molecular flexibility index (Phi) is 14.2. The van der Waals surface area contributed by atoms with E-state index >= 15 is 0 Å². The van der Waals surface area contributed by atoms with Gasteiger partial charge in [-0.1, -0.05) is 86.6 Å². The highest BCUT2D eigenvalue weighted by atomic mass is 16.7. The van der Waals surface area contributed by atoms with Crippen LogP contribution in [0.25, 0.3) is 22.3 Å². The number of carbonyl (C=O) groups excluding carboxylic acids is 4. The standard InChI is InChI=1S/C53H44O16/c1-30(2)28-62-46-43(57)42-39(56)26-36(27-40(42)65-44(46)35-23-24-37(54)38(55)25-35)64-53-48(69-52(61)34-21-13-6-14-22-34)47(68-51(60)33-19-11-5-12-20-33)45(67-50(59)32-17-9-4-10-18-32)41(66-53)29-63-49(58)31-15-7-3-8-16-31/h3-27,30,41,45,47-48,53-56H,28-29H2,1-2H3/t41-,45-,47+,48-,53-/m1/s1. The minimum Gasteiger partial charge on any atom is -0.507 e. The fourth-order valence-corrected chi connectivity index (χ4v) is 7.32. The number of hydrogen-bond donors (Lipinski definition) is 3. The Bertz CT molecular complexity index is 3010. The summed E-state index contributed by atoms with van der Waals surface area (Å²) in [5, 5.41) is 31.7. The summed E-state index contributed by atoms with van der Waals surface area (Å²) in [6.45, 7) is 3.14. The number of benzene rings is 6. The number of rotatable bonds is 15. The van der Waals surface area contributed by atoms with Gasteiger partial charge in [-0.25, -0.2) is 19.2 Å². The third kappa shape index (κ3) is 10.8. The highest BCUT2D eigenvalue weighted by Gasteiger charge is 2.54. The number of fused-ring (bicyclic) bond motifs is 1. The summed E-state index contributed by atoms with van der Waals surface area (Å²) in [5.74, 6) is -5.92. The van der Waals surface area contributed by atoms with E-state index < -0.39 is 83.9 Å². The van der Waals surface area contributed by atoms with E-state index in [0.717, 1.165) is 12.1 Å². The fraction of sp³-hybridized carbons (Fsp3) is 0.189. The molecule has 2 heterocycles. The Balaban J connectivity index is 1.26. The average molecular weight is 937 g/mol. The van der Waals surface area contributed by atoms with Crippen LogP contribution in [0.2, 0.25) is 0 Å². The molecule has 6 aromatic carbocycles. The van der Waals surface area contributed by atoms with Gasteiger partial charge < -0.3 is 52.9 Å². The molecular formula is C53H44O16. The van der Waals surface area contributed by atoms with Crippen molar-refractivity contribution in [1.29, 1.82) is 0 Å². The van der Waals surface area contributed by atoms with Crippen LogP contribution in [-0.4, -0.2) is 83.1 Å². The van der Waals surface area contributed by atoms with Crippen molar-refractivity contribution < 1.29 is 72.1 Å². The number of aromatic hydroxyl groups is 3. The number of carbonyl (C=O) groups is 4. The zero-order chi connectivity index (χ0) is 48.6. The first-order valence-electron chi connectivity index (χ1n) is 21.7. The van der Waals surface area contributed by atoms with E-state index in [2.05, 4.69) is 0 Å². The fourth-order valence-electron chi connectivity index (χ4n) is 7.32. The molecule has 1 fully saturated rings. The maximum Gasteiger partial charge on any atom is 0.338 e. The maximum atomic E-state index is 14.2. The molecule has 69 heavy (non-hydrogen) atoms. The van der Waals surface area contributed by atoms with Gasteiger partial charge in [0.05, 0.1) is 28.9 Å². The molecule has 5 atom stereocenters. The molecule has 1 aliphatic heterocycles. The van der Waals surface area contributed by atoms with Crippen molar-refractivity contribution >= 4 is 34.8 Å². The van der Waals surface area contributed by atoms with Crippen molar-refractivity contribution in [2.75, 3.05) is 13.2 Å². The van der Waals surface area contributed by atoms with Crippen molar-refractivity contribution in [3.05, 3.63) is 184 Å². The molecule has 0 radical (unpaired) electrons. The molecule has 1 aliphatic rings. The van der Waals surface area contributed by atoms with Gasteiger partial charge in [0.1, 0.15) is 35.2 Å². The summed E-state index contributed by atoms with van der Waals surface area (Å²) in [5.41, 5.74) is -0.512. The van der Waals surface area contributed by atoms with E-state index in [4.69, 9.17) is 37.6 Å². The largest absolute Gasteiger partial charge is 0.507 e. The van der Waals surface area contributed by atoms with Gasteiger partial charge in [-0.3, -0.25) is 4.79 Å². The molecule has 3 N–H and O–H groups in total. The van der Waals surface area contributed by atoms with E-state index in [1.807, 2.05) is 13.8 Å². The van der Waals surface area contributed by atoms with Crippen LogP contribution in [-0.2, 0) is 23.7 Å². The molecule has 0 spiro atoms. The summed E-state index contributed by atoms with van der Waals surface area (Å²) in [6, 6.07) is 37.5. The quantitative estimate of drug-likeness (QED) is 0.0500. The molecule has 0 saturated carbocycles. The Morgan fingerprint density at radius 2 is 1.09 bits per heavy atom. The number of esters is 4. The van der Waals surface area contributed by atoms with Gasteiger partial charge in [0.15, 0.2) is 29.5 Å².